The Labute approximate surface area is 113 Å². The van der Waals surface area contributed by atoms with Gasteiger partial charge in [0.25, 0.3) is 0 Å². The molecule has 2 N–H and O–H groups in total. The van der Waals surface area contributed by atoms with Crippen molar-refractivity contribution >= 4 is 17.5 Å². The molecule has 1 aliphatic rings. The highest BCUT2D eigenvalue weighted by molar-refractivity contribution is 5.80. The lowest BCUT2D eigenvalue weighted by atomic mass is 10.3. The molecule has 1 saturated carbocycles. The van der Waals surface area contributed by atoms with Crippen molar-refractivity contribution in [2.75, 3.05) is 37.4 Å². The van der Waals surface area contributed by atoms with Gasteiger partial charge in [-0.25, -0.2) is 9.97 Å². The number of aromatic nitrogens is 2. The summed E-state index contributed by atoms with van der Waals surface area (Å²) in [5.41, 5.74) is 0. The molecule has 0 atom stereocenters. The van der Waals surface area contributed by atoms with Crippen LogP contribution in [0.4, 0.5) is 11.6 Å². The maximum Gasteiger partial charge on any atom is 0.239 e. The lowest BCUT2D eigenvalue weighted by molar-refractivity contribution is -0.119. The van der Waals surface area contributed by atoms with Crippen LogP contribution in [0.1, 0.15) is 31.5 Å². The predicted molar refractivity (Wildman–Crippen MR) is 75.5 cm³/mol. The number of nitrogens with zero attached hydrogens (tertiary/aromatic N) is 3. The quantitative estimate of drug-likeness (QED) is 0.800. The first kappa shape index (κ1) is 13.6. The summed E-state index contributed by atoms with van der Waals surface area (Å²) in [5, 5.41) is 5.83. The zero-order valence-corrected chi connectivity index (χ0v) is 11.7. The molecule has 2 rings (SSSR count). The molecule has 6 nitrogen and oxygen atoms in total. The smallest absolute Gasteiger partial charge is 0.239 e. The zero-order valence-electron chi connectivity index (χ0n) is 11.7. The fourth-order valence-electron chi connectivity index (χ4n) is 1.82. The highest BCUT2D eigenvalue weighted by atomic mass is 16.1. The van der Waals surface area contributed by atoms with Crippen LogP contribution in [0.15, 0.2) is 6.07 Å². The van der Waals surface area contributed by atoms with Gasteiger partial charge in [-0.2, -0.15) is 0 Å². The van der Waals surface area contributed by atoms with Crippen LogP contribution in [0.25, 0.3) is 0 Å². The molecule has 1 amide bonds. The maximum absolute atomic E-state index is 11.4. The fourth-order valence-corrected chi connectivity index (χ4v) is 1.82. The van der Waals surface area contributed by atoms with E-state index in [4.69, 9.17) is 0 Å². The first-order valence-corrected chi connectivity index (χ1v) is 6.68. The molecule has 0 aromatic carbocycles. The van der Waals surface area contributed by atoms with E-state index in [0.717, 1.165) is 36.8 Å². The normalized spacial score (nSPS) is 14.1. The van der Waals surface area contributed by atoms with Crippen molar-refractivity contribution in [1.29, 1.82) is 0 Å². The van der Waals surface area contributed by atoms with Gasteiger partial charge in [0.15, 0.2) is 0 Å². The van der Waals surface area contributed by atoms with Crippen molar-refractivity contribution in [1.82, 2.24) is 15.3 Å². The summed E-state index contributed by atoms with van der Waals surface area (Å²) in [6, 6.07) is 1.89. The first-order valence-electron chi connectivity index (χ1n) is 6.68. The van der Waals surface area contributed by atoms with Crippen LogP contribution in [0.5, 0.6) is 0 Å². The Morgan fingerprint density at radius 3 is 2.79 bits per heavy atom. The summed E-state index contributed by atoms with van der Waals surface area (Å²) in [6.45, 7) is 3.15. The number of carbonyl (C=O) groups excluding carboxylic acids is 1. The number of hydrogen-bond donors (Lipinski definition) is 2. The molecule has 1 aromatic heterocycles. The molecule has 19 heavy (non-hydrogen) atoms. The van der Waals surface area contributed by atoms with E-state index >= 15 is 0 Å². The SMILES string of the molecule is CCNc1cc(N(C)CC(=O)NC)nc(C2CC2)n1. The van der Waals surface area contributed by atoms with Gasteiger partial charge < -0.3 is 15.5 Å². The molecule has 1 aromatic rings. The molecule has 1 fully saturated rings. The van der Waals surface area contributed by atoms with E-state index in [0.29, 0.717) is 12.5 Å². The van der Waals surface area contributed by atoms with Crippen LogP contribution in [0.2, 0.25) is 0 Å². The molecule has 0 bridgehead atoms. The number of amides is 1. The Morgan fingerprint density at radius 1 is 1.47 bits per heavy atom. The minimum absolute atomic E-state index is 0.0286. The number of rotatable bonds is 6. The Hall–Kier alpha value is -1.85. The summed E-state index contributed by atoms with van der Waals surface area (Å²) < 4.78 is 0. The largest absolute Gasteiger partial charge is 0.370 e. The van der Waals surface area contributed by atoms with Crippen molar-refractivity contribution in [2.24, 2.45) is 0 Å². The second-order valence-corrected chi connectivity index (χ2v) is 4.80. The van der Waals surface area contributed by atoms with Crippen molar-refractivity contribution < 1.29 is 4.79 Å². The maximum atomic E-state index is 11.4. The Bertz CT molecular complexity index is 458. The average molecular weight is 263 g/mol. The zero-order chi connectivity index (χ0) is 13.8. The van der Waals surface area contributed by atoms with Gasteiger partial charge >= 0.3 is 0 Å². The highest BCUT2D eigenvalue weighted by Gasteiger charge is 2.27. The minimum atomic E-state index is -0.0286. The fraction of sp³-hybridized carbons (Fsp3) is 0.615. The van der Waals surface area contributed by atoms with Crippen molar-refractivity contribution in [3.8, 4) is 0 Å². The Kier molecular flexibility index (Phi) is 4.19. The van der Waals surface area contributed by atoms with Gasteiger partial charge in [0.1, 0.15) is 17.5 Å². The molecule has 104 valence electrons. The van der Waals surface area contributed by atoms with E-state index in [1.807, 2.05) is 24.9 Å². The molecule has 1 aliphatic carbocycles. The van der Waals surface area contributed by atoms with Gasteiger partial charge in [-0.3, -0.25) is 4.79 Å². The highest BCUT2D eigenvalue weighted by Crippen LogP contribution is 2.39. The van der Waals surface area contributed by atoms with Crippen LogP contribution in [0.3, 0.4) is 0 Å². The van der Waals surface area contributed by atoms with E-state index in [2.05, 4.69) is 20.6 Å². The van der Waals surface area contributed by atoms with E-state index in [-0.39, 0.29) is 5.91 Å². The monoisotopic (exact) mass is 263 g/mol. The molecular formula is C13H21N5O. The van der Waals surface area contributed by atoms with Crippen molar-refractivity contribution in [2.45, 2.75) is 25.7 Å². The number of hydrogen-bond acceptors (Lipinski definition) is 5. The summed E-state index contributed by atoms with van der Waals surface area (Å²) in [7, 11) is 3.50. The lowest BCUT2D eigenvalue weighted by Crippen LogP contribution is -2.33. The summed E-state index contributed by atoms with van der Waals surface area (Å²) >= 11 is 0. The number of anilines is 2. The van der Waals surface area contributed by atoms with Gasteiger partial charge in [-0.15, -0.1) is 0 Å². The first-order chi connectivity index (χ1) is 9.13. The van der Waals surface area contributed by atoms with Gasteiger partial charge in [0, 0.05) is 32.6 Å². The standard InChI is InChI=1S/C13H21N5O/c1-4-15-10-7-11(18(3)8-12(19)14-2)17-13(16-10)9-5-6-9/h7,9H,4-6,8H2,1-3H3,(H,14,19)(H,15,16,17). The van der Waals surface area contributed by atoms with Gasteiger partial charge in [-0.1, -0.05) is 0 Å². The van der Waals surface area contributed by atoms with Gasteiger partial charge in [-0.05, 0) is 19.8 Å². The second kappa shape index (κ2) is 5.86. The number of carbonyl (C=O) groups is 1. The van der Waals surface area contributed by atoms with Crippen LogP contribution in [-0.4, -0.2) is 43.1 Å². The summed E-state index contributed by atoms with van der Waals surface area (Å²) in [6.07, 6.45) is 2.32. The van der Waals surface area contributed by atoms with Gasteiger partial charge in [0.2, 0.25) is 5.91 Å². The third-order valence-corrected chi connectivity index (χ3v) is 3.08. The lowest BCUT2D eigenvalue weighted by Gasteiger charge is -2.18. The third kappa shape index (κ3) is 3.56. The minimum Gasteiger partial charge on any atom is -0.370 e. The Balaban J connectivity index is 2.19. The van der Waals surface area contributed by atoms with E-state index in [1.165, 1.54) is 0 Å². The Morgan fingerprint density at radius 2 is 2.21 bits per heavy atom. The number of likely N-dealkylation sites (N-methyl/N-ethyl adjacent to an activating group) is 2. The molecule has 0 saturated heterocycles. The molecular weight excluding hydrogens is 242 g/mol. The molecule has 0 spiro atoms. The molecule has 1 heterocycles. The third-order valence-electron chi connectivity index (χ3n) is 3.08. The second-order valence-electron chi connectivity index (χ2n) is 4.80. The molecule has 0 unspecified atom stereocenters. The molecule has 0 radical (unpaired) electrons. The topological polar surface area (TPSA) is 70.2 Å². The van der Waals surface area contributed by atoms with E-state index in [9.17, 15) is 4.79 Å². The van der Waals surface area contributed by atoms with Crippen LogP contribution >= 0.6 is 0 Å². The number of nitrogens with one attached hydrogen (secondary N) is 2. The van der Waals surface area contributed by atoms with Crippen LogP contribution in [0, 0.1) is 0 Å². The molecule has 6 heteroatoms. The predicted octanol–water partition coefficient (Wildman–Crippen LogP) is 0.968. The summed E-state index contributed by atoms with van der Waals surface area (Å²) in [4.78, 5) is 22.3. The van der Waals surface area contributed by atoms with Crippen LogP contribution < -0.4 is 15.5 Å². The van der Waals surface area contributed by atoms with Crippen molar-refractivity contribution in [3.63, 3.8) is 0 Å². The summed E-state index contributed by atoms with van der Waals surface area (Å²) in [5.74, 6) is 2.97. The van der Waals surface area contributed by atoms with E-state index < -0.39 is 0 Å². The van der Waals surface area contributed by atoms with E-state index in [1.54, 1.807) is 7.05 Å². The average Bonchev–Trinajstić information content (AvgIpc) is 3.22. The van der Waals surface area contributed by atoms with Crippen LogP contribution in [-0.2, 0) is 4.79 Å². The van der Waals surface area contributed by atoms with Crippen molar-refractivity contribution in [3.05, 3.63) is 11.9 Å². The van der Waals surface area contributed by atoms with Gasteiger partial charge in [0.05, 0.1) is 6.54 Å². The molecule has 0 aliphatic heterocycles.